The third-order valence-electron chi connectivity index (χ3n) is 7.23. The second-order valence-corrected chi connectivity index (χ2v) is 8.89. The molecule has 7 nitrogen and oxygen atoms in total. The first-order valence-electron chi connectivity index (χ1n) is 11.2. The Morgan fingerprint density at radius 3 is 2.52 bits per heavy atom. The summed E-state index contributed by atoms with van der Waals surface area (Å²) in [7, 11) is 0. The van der Waals surface area contributed by atoms with E-state index >= 15 is 0 Å². The fourth-order valence-corrected chi connectivity index (χ4v) is 5.57. The normalized spacial score (nSPS) is 22.4. The number of morpholine rings is 1. The SMILES string of the molecule is O=C(CC1CC2(CCN(C(=O)c3ccnnc3)CC2)c2ccccc21)N1CCOCC1. The number of nitrogens with zero attached hydrogens (tertiary/aromatic N) is 4. The van der Waals surface area contributed by atoms with Crippen LogP contribution < -0.4 is 0 Å². The first-order chi connectivity index (χ1) is 15.2. The Morgan fingerprint density at radius 2 is 1.77 bits per heavy atom. The summed E-state index contributed by atoms with van der Waals surface area (Å²) in [6.07, 6.45) is 6.49. The van der Waals surface area contributed by atoms with Gasteiger partial charge in [0, 0.05) is 32.6 Å². The second-order valence-electron chi connectivity index (χ2n) is 8.89. The lowest BCUT2D eigenvalue weighted by Crippen LogP contribution is -2.44. The molecule has 2 amide bonds. The van der Waals surface area contributed by atoms with E-state index in [4.69, 9.17) is 4.74 Å². The molecule has 2 aromatic rings. The van der Waals surface area contributed by atoms with Crippen LogP contribution in [0.4, 0.5) is 0 Å². The van der Waals surface area contributed by atoms with Crippen LogP contribution in [-0.4, -0.2) is 71.2 Å². The number of aromatic nitrogens is 2. The fraction of sp³-hybridized carbons (Fsp3) is 0.500. The van der Waals surface area contributed by atoms with Crippen LogP contribution in [0.3, 0.4) is 0 Å². The van der Waals surface area contributed by atoms with Gasteiger partial charge in [0.1, 0.15) is 0 Å². The van der Waals surface area contributed by atoms with Crippen molar-refractivity contribution in [2.75, 3.05) is 39.4 Å². The maximum Gasteiger partial charge on any atom is 0.255 e. The summed E-state index contributed by atoms with van der Waals surface area (Å²) in [5, 5.41) is 7.60. The van der Waals surface area contributed by atoms with E-state index in [1.165, 1.54) is 17.3 Å². The zero-order chi connectivity index (χ0) is 21.3. The third-order valence-corrected chi connectivity index (χ3v) is 7.23. The summed E-state index contributed by atoms with van der Waals surface area (Å²) in [4.78, 5) is 29.6. The Bertz CT molecular complexity index is 950. The molecule has 2 saturated heterocycles. The monoisotopic (exact) mass is 420 g/mol. The van der Waals surface area contributed by atoms with Crippen molar-refractivity contribution >= 4 is 11.8 Å². The molecule has 5 rings (SSSR count). The third kappa shape index (κ3) is 3.82. The van der Waals surface area contributed by atoms with Gasteiger partial charge in [0.15, 0.2) is 0 Å². The number of carbonyl (C=O) groups excluding carboxylic acids is 2. The lowest BCUT2D eigenvalue weighted by atomic mass is 9.73. The highest BCUT2D eigenvalue weighted by atomic mass is 16.5. The molecule has 162 valence electrons. The summed E-state index contributed by atoms with van der Waals surface area (Å²) < 4.78 is 5.39. The molecule has 0 radical (unpaired) electrons. The van der Waals surface area contributed by atoms with E-state index in [0.29, 0.717) is 38.3 Å². The van der Waals surface area contributed by atoms with Gasteiger partial charge >= 0.3 is 0 Å². The lowest BCUT2D eigenvalue weighted by Gasteiger charge is -2.40. The molecule has 1 unspecified atom stereocenters. The molecule has 3 aliphatic rings. The van der Waals surface area contributed by atoms with Crippen LogP contribution in [0.2, 0.25) is 0 Å². The largest absolute Gasteiger partial charge is 0.378 e. The molecule has 1 aromatic heterocycles. The van der Waals surface area contributed by atoms with Crippen LogP contribution in [0.1, 0.15) is 53.1 Å². The summed E-state index contributed by atoms with van der Waals surface area (Å²) in [6.45, 7) is 4.10. The molecule has 3 heterocycles. The van der Waals surface area contributed by atoms with E-state index in [1.54, 1.807) is 12.3 Å². The molecular weight excluding hydrogens is 392 g/mol. The van der Waals surface area contributed by atoms with E-state index in [1.807, 2.05) is 9.80 Å². The first kappa shape index (κ1) is 20.1. The van der Waals surface area contributed by atoms with E-state index in [2.05, 4.69) is 34.5 Å². The first-order valence-corrected chi connectivity index (χ1v) is 11.2. The molecule has 2 fully saturated rings. The number of hydrogen-bond donors (Lipinski definition) is 0. The molecule has 2 aliphatic heterocycles. The van der Waals surface area contributed by atoms with Crippen LogP contribution in [0, 0.1) is 0 Å². The number of ether oxygens (including phenoxy) is 1. The number of likely N-dealkylation sites (tertiary alicyclic amines) is 1. The predicted molar refractivity (Wildman–Crippen MR) is 115 cm³/mol. The Morgan fingerprint density at radius 1 is 1.00 bits per heavy atom. The van der Waals surface area contributed by atoms with Gasteiger partial charge in [0.25, 0.3) is 5.91 Å². The van der Waals surface area contributed by atoms with Gasteiger partial charge in [-0.25, -0.2) is 0 Å². The highest BCUT2D eigenvalue weighted by Gasteiger charge is 2.46. The van der Waals surface area contributed by atoms with Crippen molar-refractivity contribution in [3.05, 3.63) is 59.4 Å². The zero-order valence-corrected chi connectivity index (χ0v) is 17.7. The Kier molecular flexibility index (Phi) is 5.44. The Labute approximate surface area is 182 Å². The maximum absolute atomic E-state index is 12.9. The Balaban J connectivity index is 1.30. The zero-order valence-electron chi connectivity index (χ0n) is 17.7. The Hall–Kier alpha value is -2.80. The van der Waals surface area contributed by atoms with Crippen molar-refractivity contribution in [3.8, 4) is 0 Å². The number of piperidine rings is 1. The smallest absolute Gasteiger partial charge is 0.255 e. The van der Waals surface area contributed by atoms with E-state index < -0.39 is 0 Å². The number of fused-ring (bicyclic) bond motifs is 2. The minimum absolute atomic E-state index is 0.0232. The van der Waals surface area contributed by atoms with Crippen LogP contribution in [0.5, 0.6) is 0 Å². The van der Waals surface area contributed by atoms with Gasteiger partial charge in [-0.2, -0.15) is 10.2 Å². The van der Waals surface area contributed by atoms with Gasteiger partial charge in [-0.3, -0.25) is 9.59 Å². The molecule has 1 spiro atoms. The maximum atomic E-state index is 12.9. The molecule has 31 heavy (non-hydrogen) atoms. The summed E-state index contributed by atoms with van der Waals surface area (Å²) in [6, 6.07) is 10.3. The molecule has 1 aromatic carbocycles. The van der Waals surface area contributed by atoms with Crippen LogP contribution in [0.15, 0.2) is 42.7 Å². The van der Waals surface area contributed by atoms with Crippen molar-refractivity contribution in [1.82, 2.24) is 20.0 Å². The number of amides is 2. The van der Waals surface area contributed by atoms with Gasteiger partial charge in [-0.15, -0.1) is 0 Å². The van der Waals surface area contributed by atoms with E-state index in [9.17, 15) is 9.59 Å². The van der Waals surface area contributed by atoms with Crippen LogP contribution in [0.25, 0.3) is 0 Å². The van der Waals surface area contributed by atoms with Gasteiger partial charge in [0.05, 0.1) is 31.2 Å². The summed E-state index contributed by atoms with van der Waals surface area (Å²) in [5.74, 6) is 0.506. The van der Waals surface area contributed by atoms with Crippen molar-refractivity contribution in [2.24, 2.45) is 0 Å². The van der Waals surface area contributed by atoms with Crippen molar-refractivity contribution in [3.63, 3.8) is 0 Å². The highest BCUT2D eigenvalue weighted by Crippen LogP contribution is 2.52. The van der Waals surface area contributed by atoms with Gasteiger partial charge in [-0.1, -0.05) is 24.3 Å². The van der Waals surface area contributed by atoms with Crippen LogP contribution >= 0.6 is 0 Å². The van der Waals surface area contributed by atoms with Gasteiger partial charge in [-0.05, 0) is 47.8 Å². The van der Waals surface area contributed by atoms with Crippen molar-refractivity contribution in [1.29, 1.82) is 0 Å². The lowest BCUT2D eigenvalue weighted by molar-refractivity contribution is -0.135. The standard InChI is InChI=1S/C24H28N4O3/c29-22(27-11-13-31-14-12-27)15-19-16-24(21-4-2-1-3-20(19)21)6-9-28(10-7-24)23(30)18-5-8-25-26-17-18/h1-5,8,17,19H,6-7,9-16H2. The van der Waals surface area contributed by atoms with E-state index in [0.717, 1.165) is 32.4 Å². The summed E-state index contributed by atoms with van der Waals surface area (Å²) >= 11 is 0. The van der Waals surface area contributed by atoms with Gasteiger partial charge in [0.2, 0.25) is 5.91 Å². The minimum atomic E-state index is 0.0232. The predicted octanol–water partition coefficient (Wildman–Crippen LogP) is 2.39. The number of carbonyl (C=O) groups is 2. The average Bonchev–Trinajstić information content (AvgIpc) is 3.13. The van der Waals surface area contributed by atoms with Crippen molar-refractivity contribution in [2.45, 2.75) is 37.0 Å². The topological polar surface area (TPSA) is 75.6 Å². The summed E-state index contributed by atoms with van der Waals surface area (Å²) in [5.41, 5.74) is 3.35. The fourth-order valence-electron chi connectivity index (χ4n) is 5.57. The number of benzene rings is 1. The number of rotatable bonds is 3. The molecule has 7 heteroatoms. The average molecular weight is 421 g/mol. The number of hydrogen-bond acceptors (Lipinski definition) is 5. The minimum Gasteiger partial charge on any atom is -0.378 e. The highest BCUT2D eigenvalue weighted by molar-refractivity contribution is 5.93. The van der Waals surface area contributed by atoms with Gasteiger partial charge < -0.3 is 14.5 Å². The molecule has 1 aliphatic carbocycles. The molecule has 0 saturated carbocycles. The van der Waals surface area contributed by atoms with Crippen LogP contribution in [-0.2, 0) is 14.9 Å². The molecule has 0 N–H and O–H groups in total. The van der Waals surface area contributed by atoms with Crippen molar-refractivity contribution < 1.29 is 14.3 Å². The second kappa shape index (κ2) is 8.38. The molecule has 0 bridgehead atoms. The quantitative estimate of drug-likeness (QED) is 0.762. The molecule has 1 atom stereocenters. The van der Waals surface area contributed by atoms with E-state index in [-0.39, 0.29) is 23.1 Å². The molecular formula is C24H28N4O3.